The van der Waals surface area contributed by atoms with Gasteiger partial charge in [-0.15, -0.1) is 0 Å². The van der Waals surface area contributed by atoms with E-state index in [2.05, 4.69) is 15.7 Å². The molecule has 0 amide bonds. The van der Waals surface area contributed by atoms with E-state index in [0.29, 0.717) is 10.8 Å². The van der Waals surface area contributed by atoms with Crippen molar-refractivity contribution in [1.29, 1.82) is 0 Å². The number of halogens is 4. The minimum absolute atomic E-state index is 0.0650. The summed E-state index contributed by atoms with van der Waals surface area (Å²) in [6, 6.07) is 7.68. The number of piperazine rings is 1. The molecule has 0 bridgehead atoms. The predicted molar refractivity (Wildman–Crippen MR) is 155 cm³/mol. The number of carbonyl (C=O) groups excluding carboxylic acids is 1. The highest BCUT2D eigenvalue weighted by molar-refractivity contribution is 7.86. The van der Waals surface area contributed by atoms with E-state index in [4.69, 9.17) is 10.5 Å². The molecule has 2 aliphatic heterocycles. The number of benzene rings is 2. The summed E-state index contributed by atoms with van der Waals surface area (Å²) in [4.78, 5) is 13.6. The Balaban J connectivity index is 1.60. The van der Waals surface area contributed by atoms with Crippen LogP contribution in [0.15, 0.2) is 48.5 Å². The van der Waals surface area contributed by atoms with Gasteiger partial charge in [0.15, 0.2) is 11.6 Å². The van der Waals surface area contributed by atoms with Gasteiger partial charge in [-0.2, -0.15) is 40.0 Å². The van der Waals surface area contributed by atoms with Crippen molar-refractivity contribution < 1.29 is 40.6 Å². The van der Waals surface area contributed by atoms with Gasteiger partial charge >= 0.3 is 6.18 Å². The number of aliphatic hydroxyl groups is 1. The molecular formula is C28H33F4N7O5S. The van der Waals surface area contributed by atoms with Gasteiger partial charge in [0.1, 0.15) is 17.6 Å². The zero-order valence-corrected chi connectivity index (χ0v) is 25.0. The summed E-state index contributed by atoms with van der Waals surface area (Å²) < 4.78 is 93.6. The molecule has 244 valence electrons. The number of ether oxygens (including phenoxy) is 1. The molecule has 3 heterocycles. The van der Waals surface area contributed by atoms with Gasteiger partial charge in [-0.05, 0) is 29.7 Å². The molecule has 2 aromatic carbocycles. The minimum atomic E-state index is -5.10. The van der Waals surface area contributed by atoms with Crippen LogP contribution in [0.1, 0.15) is 39.6 Å². The smallest absolute Gasteiger partial charge is 0.407 e. The van der Waals surface area contributed by atoms with Crippen LogP contribution >= 0.6 is 0 Å². The molecule has 17 heteroatoms. The maximum absolute atomic E-state index is 14.8. The lowest BCUT2D eigenvalue weighted by Gasteiger charge is -2.42. The minimum Gasteiger partial charge on any atom is -0.491 e. The Morgan fingerprint density at radius 2 is 1.84 bits per heavy atom. The molecule has 0 spiro atoms. The fourth-order valence-electron chi connectivity index (χ4n) is 5.53. The molecule has 5 rings (SSSR count). The van der Waals surface area contributed by atoms with Crippen molar-refractivity contribution >= 4 is 21.9 Å². The third kappa shape index (κ3) is 6.54. The topological polar surface area (TPSA) is 155 Å². The van der Waals surface area contributed by atoms with Crippen LogP contribution < -0.4 is 21.1 Å². The molecule has 3 unspecified atom stereocenters. The first kappa shape index (κ1) is 32.8. The van der Waals surface area contributed by atoms with Gasteiger partial charge in [-0.3, -0.25) is 4.79 Å². The number of hydrogen-bond donors (Lipinski definition) is 4. The molecule has 12 nitrogen and oxygen atoms in total. The molecule has 1 aromatic heterocycles. The van der Waals surface area contributed by atoms with Gasteiger partial charge in [-0.25, -0.2) is 4.39 Å². The van der Waals surface area contributed by atoms with Gasteiger partial charge in [-0.1, -0.05) is 36.4 Å². The number of hydrogen-bond acceptors (Lipinski definition) is 9. The van der Waals surface area contributed by atoms with E-state index in [1.165, 1.54) is 25.3 Å². The van der Waals surface area contributed by atoms with Crippen LogP contribution in [0.25, 0.3) is 0 Å². The molecule has 2 aliphatic rings. The van der Waals surface area contributed by atoms with Crippen LogP contribution in [0.2, 0.25) is 0 Å². The lowest BCUT2D eigenvalue weighted by molar-refractivity contribution is -0.185. The van der Waals surface area contributed by atoms with Crippen molar-refractivity contribution in [2.24, 2.45) is 5.73 Å². The Hall–Kier alpha value is -3.61. The fraction of sp³-hybridized carbons (Fsp3) is 0.429. The number of rotatable bonds is 9. The molecule has 45 heavy (non-hydrogen) atoms. The Morgan fingerprint density at radius 3 is 2.44 bits per heavy atom. The average molecular weight is 656 g/mol. The van der Waals surface area contributed by atoms with Gasteiger partial charge < -0.3 is 26.2 Å². The zero-order valence-electron chi connectivity index (χ0n) is 24.2. The normalized spacial score (nSPS) is 21.6. The predicted octanol–water partition coefficient (Wildman–Crippen LogP) is 1.98. The second-order valence-electron chi connectivity index (χ2n) is 10.7. The zero-order chi connectivity index (χ0) is 32.5. The third-order valence-corrected chi connectivity index (χ3v) is 9.77. The van der Waals surface area contributed by atoms with E-state index in [1.807, 2.05) is 0 Å². The van der Waals surface area contributed by atoms with E-state index in [1.54, 1.807) is 24.3 Å². The highest BCUT2D eigenvalue weighted by atomic mass is 32.2. The number of methoxy groups -OCH3 is 1. The number of nitrogens with one attached hydrogen (secondary N) is 2. The monoisotopic (exact) mass is 655 g/mol. The highest BCUT2D eigenvalue weighted by Crippen LogP contribution is 2.43. The average Bonchev–Trinajstić information content (AvgIpc) is 3.63. The maximum Gasteiger partial charge on any atom is 0.407 e. The summed E-state index contributed by atoms with van der Waals surface area (Å²) in [6.07, 6.45) is -6.01. The van der Waals surface area contributed by atoms with E-state index in [-0.39, 0.29) is 44.2 Å². The van der Waals surface area contributed by atoms with Crippen LogP contribution in [0.3, 0.4) is 0 Å². The molecule has 0 aliphatic carbocycles. The number of aromatic nitrogens is 2. The van der Waals surface area contributed by atoms with Gasteiger partial charge in [0.2, 0.25) is 0 Å². The Kier molecular flexibility index (Phi) is 9.48. The van der Waals surface area contributed by atoms with Crippen molar-refractivity contribution in [2.45, 2.75) is 43.9 Å². The molecule has 0 saturated carbocycles. The molecule has 5 N–H and O–H groups in total. The van der Waals surface area contributed by atoms with Crippen molar-refractivity contribution in [1.82, 2.24) is 23.7 Å². The first-order chi connectivity index (χ1) is 21.4. The molecule has 3 aromatic rings. The van der Waals surface area contributed by atoms with E-state index < -0.39 is 64.1 Å². The second kappa shape index (κ2) is 13.0. The quantitative estimate of drug-likeness (QED) is 0.254. The van der Waals surface area contributed by atoms with Crippen LogP contribution in [0.5, 0.6) is 5.75 Å². The summed E-state index contributed by atoms with van der Waals surface area (Å²) in [7, 11) is -3.51. The van der Waals surface area contributed by atoms with Crippen LogP contribution in [0, 0.1) is 5.82 Å². The van der Waals surface area contributed by atoms with Gasteiger partial charge in [0, 0.05) is 39.3 Å². The summed E-state index contributed by atoms with van der Waals surface area (Å²) in [6.45, 7) is -0.809. The number of nitrogens with two attached hydrogens (primary N) is 1. The molecular weight excluding hydrogens is 622 g/mol. The maximum atomic E-state index is 14.8. The van der Waals surface area contributed by atoms with Crippen LogP contribution in [-0.4, -0.2) is 89.4 Å². The van der Waals surface area contributed by atoms with Crippen molar-refractivity contribution in [3.8, 4) is 5.75 Å². The molecule has 0 radical (unpaired) electrons. The van der Waals surface area contributed by atoms with E-state index in [0.717, 1.165) is 26.2 Å². The molecule has 3 atom stereocenters. The largest absolute Gasteiger partial charge is 0.491 e. The number of aliphatic hydroxyl groups excluding tert-OH is 1. The summed E-state index contributed by atoms with van der Waals surface area (Å²) in [5.74, 6) is -2.29. The summed E-state index contributed by atoms with van der Waals surface area (Å²) >= 11 is 0. The summed E-state index contributed by atoms with van der Waals surface area (Å²) in [5, 5.41) is 19.8. The number of carbonyl (C=O) groups is 1. The molecule has 2 saturated heterocycles. The van der Waals surface area contributed by atoms with Crippen LogP contribution in [0.4, 0.5) is 23.4 Å². The van der Waals surface area contributed by atoms with Crippen molar-refractivity contribution in [3.05, 3.63) is 76.7 Å². The van der Waals surface area contributed by atoms with Crippen molar-refractivity contribution in [2.75, 3.05) is 38.6 Å². The second-order valence-corrected chi connectivity index (χ2v) is 12.6. The first-order valence-electron chi connectivity index (χ1n) is 14.1. The highest BCUT2D eigenvalue weighted by Gasteiger charge is 2.57. The number of β-amino-alcohol motifs (C(OH)–C–C–N with tert-alkyl or cyclic N) is 1. The third-order valence-electron chi connectivity index (χ3n) is 7.79. The lowest BCUT2D eigenvalue weighted by Crippen LogP contribution is -2.63. The Labute approximate surface area is 256 Å². The van der Waals surface area contributed by atoms with E-state index >= 15 is 0 Å². The van der Waals surface area contributed by atoms with Crippen molar-refractivity contribution in [3.63, 3.8) is 0 Å². The van der Waals surface area contributed by atoms with E-state index in [9.17, 15) is 35.9 Å². The standard InChI is InChI=1S/C28H33F4N7O5S/c1-44-24-22(23-25(28(30,31)32)38(13-11-34-23)45(42,43)37-12-10-19(40)16-37)36-39(27(41)20-4-2-3-5-21(20)29)26(24)35-15-18-8-6-17(14-33)7-9-18/h2-9,19,23,25,34-35,40H,10-16,33H2,1H3. The Bertz CT molecular complexity index is 1630. The van der Waals surface area contributed by atoms with Crippen LogP contribution in [-0.2, 0) is 23.3 Å². The lowest BCUT2D eigenvalue weighted by atomic mass is 10.0. The first-order valence-corrected chi connectivity index (χ1v) is 15.5. The fourth-order valence-corrected chi connectivity index (χ4v) is 7.37. The molecule has 2 fully saturated rings. The number of alkyl halides is 3. The van der Waals surface area contributed by atoms with Gasteiger partial charge in [0.05, 0.1) is 24.8 Å². The number of nitrogens with zero attached hydrogens (tertiary/aromatic N) is 4. The summed E-state index contributed by atoms with van der Waals surface area (Å²) in [5.41, 5.74) is 6.44. The number of anilines is 1. The Morgan fingerprint density at radius 1 is 1.16 bits per heavy atom. The SMILES string of the molecule is COc1c(C2NCCN(S(=O)(=O)N3CCC(O)C3)C2C(F)(F)F)nn(C(=O)c2ccccc2F)c1NCc1ccc(CN)cc1. The van der Waals surface area contributed by atoms with Gasteiger partial charge in [0.25, 0.3) is 16.1 Å².